The summed E-state index contributed by atoms with van der Waals surface area (Å²) in [6, 6.07) is 13.9. The summed E-state index contributed by atoms with van der Waals surface area (Å²) in [6.45, 7) is 4.17. The lowest BCUT2D eigenvalue weighted by Gasteiger charge is -2.10. The third-order valence-electron chi connectivity index (χ3n) is 4.63. The highest BCUT2D eigenvalue weighted by Crippen LogP contribution is 2.25. The molecule has 2 N–H and O–H groups in total. The fraction of sp³-hybridized carbons (Fsp3) is 0.300. The van der Waals surface area contributed by atoms with Gasteiger partial charge in [0.15, 0.2) is 0 Å². The lowest BCUT2D eigenvalue weighted by Crippen LogP contribution is -2.13. The number of fused-ring (bicyclic) bond motifs is 1. The van der Waals surface area contributed by atoms with Gasteiger partial charge in [-0.25, -0.2) is 4.98 Å². The predicted molar refractivity (Wildman–Crippen MR) is 111 cm³/mol. The summed E-state index contributed by atoms with van der Waals surface area (Å²) in [5.74, 6) is 0.603. The van der Waals surface area contributed by atoms with Crippen molar-refractivity contribution in [2.45, 2.75) is 19.8 Å². The summed E-state index contributed by atoms with van der Waals surface area (Å²) in [5.41, 5.74) is 3.65. The molecule has 136 valence electrons. The highest BCUT2D eigenvalue weighted by molar-refractivity contribution is 7.18. The number of benzene rings is 2. The van der Waals surface area contributed by atoms with Crippen molar-refractivity contribution in [1.29, 1.82) is 0 Å². The second-order valence-corrected chi connectivity index (χ2v) is 7.87. The van der Waals surface area contributed by atoms with Gasteiger partial charge in [-0.15, -0.1) is 23.7 Å². The molecule has 1 unspecified atom stereocenters. The highest BCUT2D eigenvalue weighted by atomic mass is 35.5. The van der Waals surface area contributed by atoms with Gasteiger partial charge in [0.2, 0.25) is 0 Å². The molecule has 1 fully saturated rings. The number of carbonyl (C=O) groups excluding carboxylic acids is 1. The molecule has 1 aliphatic heterocycles. The Bertz CT molecular complexity index is 918. The van der Waals surface area contributed by atoms with Gasteiger partial charge in [0.25, 0.3) is 5.91 Å². The van der Waals surface area contributed by atoms with Crippen molar-refractivity contribution in [2.24, 2.45) is 5.92 Å². The Morgan fingerprint density at radius 3 is 3.00 bits per heavy atom. The molecule has 1 aliphatic rings. The Balaban J connectivity index is 0.00000196. The average Bonchev–Trinajstić information content (AvgIpc) is 3.23. The van der Waals surface area contributed by atoms with Gasteiger partial charge in [-0.3, -0.25) is 4.79 Å². The summed E-state index contributed by atoms with van der Waals surface area (Å²) >= 11 is 1.66. The van der Waals surface area contributed by atoms with Crippen LogP contribution in [0.5, 0.6) is 0 Å². The zero-order valence-corrected chi connectivity index (χ0v) is 16.3. The van der Waals surface area contributed by atoms with Gasteiger partial charge in [0, 0.05) is 11.3 Å². The molecule has 0 bridgehead atoms. The number of hydrogen-bond acceptors (Lipinski definition) is 4. The standard InChI is InChI=1S/C20H21N3OS.ClH/c1-13-22-18-11-17(5-6-19(18)25-13)23-20(24)16-4-2-3-14(10-16)9-15-7-8-21-12-15;/h2-6,10-11,15,21H,7-9,12H2,1H3,(H,23,24);1H. The van der Waals surface area contributed by atoms with Crippen molar-refractivity contribution in [3.63, 3.8) is 0 Å². The van der Waals surface area contributed by atoms with Crippen molar-refractivity contribution in [1.82, 2.24) is 10.3 Å². The number of carbonyl (C=O) groups is 1. The molecule has 0 saturated carbocycles. The minimum Gasteiger partial charge on any atom is -0.322 e. The third kappa shape index (κ3) is 4.23. The second kappa shape index (κ2) is 8.16. The number of halogens is 1. The first kappa shape index (κ1) is 18.8. The van der Waals surface area contributed by atoms with Crippen LogP contribution in [0.3, 0.4) is 0 Å². The van der Waals surface area contributed by atoms with Gasteiger partial charge in [-0.2, -0.15) is 0 Å². The molecule has 26 heavy (non-hydrogen) atoms. The first-order valence-electron chi connectivity index (χ1n) is 8.65. The van der Waals surface area contributed by atoms with Crippen LogP contribution in [0.4, 0.5) is 5.69 Å². The third-order valence-corrected chi connectivity index (χ3v) is 5.58. The first-order chi connectivity index (χ1) is 12.2. The van der Waals surface area contributed by atoms with E-state index >= 15 is 0 Å². The highest BCUT2D eigenvalue weighted by Gasteiger charge is 2.15. The van der Waals surface area contributed by atoms with Gasteiger partial charge in [0.05, 0.1) is 15.2 Å². The first-order valence-corrected chi connectivity index (χ1v) is 9.47. The van der Waals surface area contributed by atoms with Crippen LogP contribution in [0.15, 0.2) is 42.5 Å². The van der Waals surface area contributed by atoms with E-state index in [4.69, 9.17) is 0 Å². The largest absolute Gasteiger partial charge is 0.322 e. The maximum Gasteiger partial charge on any atom is 0.255 e. The number of amides is 1. The fourth-order valence-corrected chi connectivity index (χ4v) is 4.19. The summed E-state index contributed by atoms with van der Waals surface area (Å²) in [4.78, 5) is 17.1. The lowest BCUT2D eigenvalue weighted by atomic mass is 9.97. The van der Waals surface area contributed by atoms with E-state index in [1.165, 1.54) is 12.0 Å². The Kier molecular flexibility index (Phi) is 5.91. The Morgan fingerprint density at radius 2 is 2.19 bits per heavy atom. The van der Waals surface area contributed by atoms with Crippen molar-refractivity contribution in [3.8, 4) is 0 Å². The SMILES string of the molecule is Cc1nc2cc(NC(=O)c3cccc(CC4CCNC4)c3)ccc2s1.Cl. The molecule has 1 amide bonds. The van der Waals surface area contributed by atoms with Crippen molar-refractivity contribution < 1.29 is 4.79 Å². The molecule has 6 heteroatoms. The van der Waals surface area contributed by atoms with E-state index in [0.29, 0.717) is 11.5 Å². The van der Waals surface area contributed by atoms with Crippen LogP contribution in [0.2, 0.25) is 0 Å². The number of hydrogen-bond donors (Lipinski definition) is 2. The molecule has 3 aromatic rings. The maximum absolute atomic E-state index is 12.6. The Hall–Kier alpha value is -1.95. The molecular formula is C20H22ClN3OS. The van der Waals surface area contributed by atoms with E-state index in [9.17, 15) is 4.79 Å². The predicted octanol–water partition coefficient (Wildman–Crippen LogP) is 4.43. The molecule has 0 spiro atoms. The summed E-state index contributed by atoms with van der Waals surface area (Å²) in [5, 5.41) is 7.42. The molecule has 4 nitrogen and oxygen atoms in total. The number of nitrogens with zero attached hydrogens (tertiary/aromatic N) is 1. The van der Waals surface area contributed by atoms with E-state index in [1.807, 2.05) is 43.3 Å². The Morgan fingerprint density at radius 1 is 1.31 bits per heavy atom. The number of aryl methyl sites for hydroxylation is 1. The van der Waals surface area contributed by atoms with Crippen LogP contribution in [0.25, 0.3) is 10.2 Å². The molecule has 0 radical (unpaired) electrons. The minimum atomic E-state index is -0.0716. The average molecular weight is 388 g/mol. The van der Waals surface area contributed by atoms with Crippen LogP contribution >= 0.6 is 23.7 Å². The summed E-state index contributed by atoms with van der Waals surface area (Å²) in [6.07, 6.45) is 2.24. The van der Waals surface area contributed by atoms with Crippen molar-refractivity contribution >= 4 is 45.6 Å². The molecule has 2 heterocycles. The maximum atomic E-state index is 12.6. The van der Waals surface area contributed by atoms with E-state index in [-0.39, 0.29) is 18.3 Å². The van der Waals surface area contributed by atoms with E-state index < -0.39 is 0 Å². The Labute approximate surface area is 163 Å². The van der Waals surface area contributed by atoms with E-state index in [0.717, 1.165) is 40.4 Å². The normalized spacial score (nSPS) is 16.4. The van der Waals surface area contributed by atoms with Crippen LogP contribution in [0, 0.1) is 12.8 Å². The molecule has 4 rings (SSSR count). The zero-order chi connectivity index (χ0) is 17.2. The van der Waals surface area contributed by atoms with Crippen molar-refractivity contribution in [3.05, 3.63) is 58.6 Å². The smallest absolute Gasteiger partial charge is 0.255 e. The lowest BCUT2D eigenvalue weighted by molar-refractivity contribution is 0.102. The van der Waals surface area contributed by atoms with E-state index in [1.54, 1.807) is 11.3 Å². The number of rotatable bonds is 4. The summed E-state index contributed by atoms with van der Waals surface area (Å²) in [7, 11) is 0. The minimum absolute atomic E-state index is 0. The number of nitrogens with one attached hydrogen (secondary N) is 2. The number of aromatic nitrogens is 1. The number of anilines is 1. The van der Waals surface area contributed by atoms with Gasteiger partial charge in [-0.05, 0) is 74.7 Å². The fourth-order valence-electron chi connectivity index (χ4n) is 3.39. The number of thiazole rings is 1. The van der Waals surface area contributed by atoms with Gasteiger partial charge >= 0.3 is 0 Å². The molecule has 1 saturated heterocycles. The second-order valence-electron chi connectivity index (χ2n) is 6.63. The molecule has 1 atom stereocenters. The van der Waals surface area contributed by atoms with Crippen LogP contribution < -0.4 is 10.6 Å². The molecule has 1 aromatic heterocycles. The van der Waals surface area contributed by atoms with Gasteiger partial charge < -0.3 is 10.6 Å². The van der Waals surface area contributed by atoms with Crippen LogP contribution in [-0.2, 0) is 6.42 Å². The molecule has 0 aliphatic carbocycles. The van der Waals surface area contributed by atoms with Gasteiger partial charge in [-0.1, -0.05) is 12.1 Å². The quantitative estimate of drug-likeness (QED) is 0.696. The van der Waals surface area contributed by atoms with Gasteiger partial charge in [0.1, 0.15) is 0 Å². The summed E-state index contributed by atoms with van der Waals surface area (Å²) < 4.78 is 1.14. The molecular weight excluding hydrogens is 366 g/mol. The zero-order valence-electron chi connectivity index (χ0n) is 14.6. The monoisotopic (exact) mass is 387 g/mol. The van der Waals surface area contributed by atoms with Crippen LogP contribution in [-0.4, -0.2) is 24.0 Å². The van der Waals surface area contributed by atoms with Crippen LogP contribution in [0.1, 0.15) is 27.3 Å². The molecule has 2 aromatic carbocycles. The van der Waals surface area contributed by atoms with Crippen molar-refractivity contribution in [2.75, 3.05) is 18.4 Å². The topological polar surface area (TPSA) is 54.0 Å². The van der Waals surface area contributed by atoms with E-state index in [2.05, 4.69) is 21.7 Å².